The fourth-order valence-corrected chi connectivity index (χ4v) is 1.01. The van der Waals surface area contributed by atoms with Crippen molar-refractivity contribution in [2.75, 3.05) is 26.4 Å². The molecule has 0 atom stereocenters. The molecule has 0 bridgehead atoms. The van der Waals surface area contributed by atoms with E-state index in [0.29, 0.717) is 13.2 Å². The van der Waals surface area contributed by atoms with Gasteiger partial charge < -0.3 is 20.1 Å². The van der Waals surface area contributed by atoms with Gasteiger partial charge >= 0.3 is 0 Å². The fraction of sp³-hybridized carbons (Fsp3) is 0.556. The average molecular weight is 184 g/mol. The molecule has 0 radical (unpaired) electrons. The normalized spacial score (nSPS) is 10.5. The van der Waals surface area contributed by atoms with Crippen LogP contribution in [0.4, 0.5) is 0 Å². The van der Waals surface area contributed by atoms with Gasteiger partial charge in [0.1, 0.15) is 0 Å². The minimum atomic E-state index is 0.0939. The first kappa shape index (κ1) is 10.2. The number of hydrogen-bond acceptors (Lipinski definition) is 3. The Labute approximate surface area is 77.9 Å². The van der Waals surface area contributed by atoms with Gasteiger partial charge in [0.15, 0.2) is 0 Å². The molecule has 1 rings (SSSR count). The molecule has 0 saturated carbocycles. The predicted molar refractivity (Wildman–Crippen MR) is 50.4 cm³/mol. The molecule has 13 heavy (non-hydrogen) atoms. The number of aromatic nitrogens is 1. The van der Waals surface area contributed by atoms with Crippen LogP contribution in [0.2, 0.25) is 0 Å². The van der Waals surface area contributed by atoms with E-state index in [9.17, 15) is 0 Å². The number of rotatable bonds is 7. The molecule has 0 aliphatic rings. The maximum Gasteiger partial charge on any atom is 0.0698 e. The van der Waals surface area contributed by atoms with E-state index >= 15 is 0 Å². The highest BCUT2D eigenvalue weighted by Gasteiger charge is 1.91. The van der Waals surface area contributed by atoms with Gasteiger partial charge in [-0.3, -0.25) is 0 Å². The van der Waals surface area contributed by atoms with Crippen LogP contribution in [0.15, 0.2) is 18.3 Å². The Morgan fingerprint density at radius 3 is 3.08 bits per heavy atom. The van der Waals surface area contributed by atoms with Crippen molar-refractivity contribution in [2.24, 2.45) is 0 Å². The van der Waals surface area contributed by atoms with Crippen LogP contribution < -0.4 is 5.32 Å². The highest BCUT2D eigenvalue weighted by molar-refractivity contribution is 5.02. The van der Waals surface area contributed by atoms with Gasteiger partial charge in [0.25, 0.3) is 0 Å². The number of H-pyrrole nitrogens is 1. The number of aliphatic hydroxyl groups excluding tert-OH is 1. The molecule has 0 amide bonds. The van der Waals surface area contributed by atoms with Crippen molar-refractivity contribution < 1.29 is 9.84 Å². The molecule has 1 heterocycles. The molecule has 0 fully saturated rings. The lowest BCUT2D eigenvalue weighted by Gasteiger charge is -2.03. The molecule has 1 aromatic heterocycles. The number of aliphatic hydroxyl groups is 1. The van der Waals surface area contributed by atoms with Gasteiger partial charge in [-0.25, -0.2) is 0 Å². The fourth-order valence-electron chi connectivity index (χ4n) is 1.01. The number of hydrogen-bond donors (Lipinski definition) is 3. The summed E-state index contributed by atoms with van der Waals surface area (Å²) < 4.78 is 5.08. The summed E-state index contributed by atoms with van der Waals surface area (Å²) >= 11 is 0. The molecule has 0 aromatic carbocycles. The Kier molecular flexibility index (Phi) is 5.24. The molecular formula is C9H16N2O2. The maximum absolute atomic E-state index is 8.42. The first-order valence-electron chi connectivity index (χ1n) is 4.45. The molecule has 1 aromatic rings. The lowest BCUT2D eigenvalue weighted by atomic mass is 10.4. The zero-order valence-corrected chi connectivity index (χ0v) is 7.62. The van der Waals surface area contributed by atoms with Crippen molar-refractivity contribution in [1.82, 2.24) is 10.3 Å². The van der Waals surface area contributed by atoms with Crippen LogP contribution in [0, 0.1) is 0 Å². The zero-order valence-electron chi connectivity index (χ0n) is 7.62. The molecule has 0 aliphatic carbocycles. The molecule has 0 spiro atoms. The van der Waals surface area contributed by atoms with Crippen LogP contribution in [0.3, 0.4) is 0 Å². The van der Waals surface area contributed by atoms with Crippen LogP contribution in [0.5, 0.6) is 0 Å². The van der Waals surface area contributed by atoms with E-state index < -0.39 is 0 Å². The minimum absolute atomic E-state index is 0.0939. The molecule has 0 unspecified atom stereocenters. The van der Waals surface area contributed by atoms with Gasteiger partial charge in [-0.1, -0.05) is 0 Å². The maximum atomic E-state index is 8.42. The monoisotopic (exact) mass is 184 g/mol. The van der Waals surface area contributed by atoms with E-state index in [2.05, 4.69) is 10.3 Å². The summed E-state index contributed by atoms with van der Waals surface area (Å²) in [6.07, 6.45) is 1.90. The van der Waals surface area contributed by atoms with Crippen LogP contribution in [0.1, 0.15) is 5.69 Å². The molecule has 4 nitrogen and oxygen atoms in total. The summed E-state index contributed by atoms with van der Waals surface area (Å²) in [5, 5.41) is 11.6. The predicted octanol–water partition coefficient (Wildman–Crippen LogP) is 0.113. The average Bonchev–Trinajstić information content (AvgIpc) is 2.63. The van der Waals surface area contributed by atoms with Gasteiger partial charge in [0.05, 0.1) is 19.8 Å². The summed E-state index contributed by atoms with van der Waals surface area (Å²) in [4.78, 5) is 3.10. The molecule has 0 aliphatic heterocycles. The van der Waals surface area contributed by atoms with Gasteiger partial charge in [0.2, 0.25) is 0 Å². The van der Waals surface area contributed by atoms with E-state index in [4.69, 9.17) is 9.84 Å². The Morgan fingerprint density at radius 2 is 2.38 bits per heavy atom. The van der Waals surface area contributed by atoms with E-state index in [1.54, 1.807) is 0 Å². The Bertz CT molecular complexity index is 199. The van der Waals surface area contributed by atoms with Crippen molar-refractivity contribution in [2.45, 2.75) is 6.54 Å². The third kappa shape index (κ3) is 4.67. The molecular weight excluding hydrogens is 168 g/mol. The summed E-state index contributed by atoms with van der Waals surface area (Å²) in [7, 11) is 0. The van der Waals surface area contributed by atoms with E-state index in [1.165, 1.54) is 5.69 Å². The van der Waals surface area contributed by atoms with Gasteiger partial charge in [-0.05, 0) is 12.1 Å². The summed E-state index contributed by atoms with van der Waals surface area (Å²) in [6.45, 7) is 2.79. The van der Waals surface area contributed by atoms with E-state index in [1.807, 2.05) is 18.3 Å². The summed E-state index contributed by atoms with van der Waals surface area (Å²) in [6, 6.07) is 4.00. The lowest BCUT2D eigenvalue weighted by Crippen LogP contribution is -2.20. The molecule has 74 valence electrons. The van der Waals surface area contributed by atoms with Crippen LogP contribution in [-0.4, -0.2) is 36.5 Å². The van der Waals surface area contributed by atoms with Gasteiger partial charge in [0, 0.05) is 25.0 Å². The number of nitrogens with one attached hydrogen (secondary N) is 2. The second-order valence-electron chi connectivity index (χ2n) is 2.71. The van der Waals surface area contributed by atoms with Crippen molar-refractivity contribution >= 4 is 0 Å². The second kappa shape index (κ2) is 6.65. The smallest absolute Gasteiger partial charge is 0.0698 e. The second-order valence-corrected chi connectivity index (χ2v) is 2.71. The van der Waals surface area contributed by atoms with Crippen LogP contribution in [0.25, 0.3) is 0 Å². The van der Waals surface area contributed by atoms with E-state index in [0.717, 1.165) is 13.1 Å². The Balaban J connectivity index is 1.90. The van der Waals surface area contributed by atoms with Crippen molar-refractivity contribution in [3.8, 4) is 0 Å². The molecule has 4 heteroatoms. The minimum Gasteiger partial charge on any atom is -0.394 e. The van der Waals surface area contributed by atoms with Crippen LogP contribution >= 0.6 is 0 Å². The van der Waals surface area contributed by atoms with Crippen molar-refractivity contribution in [3.05, 3.63) is 24.0 Å². The highest BCUT2D eigenvalue weighted by atomic mass is 16.5. The lowest BCUT2D eigenvalue weighted by molar-refractivity contribution is 0.0937. The number of aromatic amines is 1. The quantitative estimate of drug-likeness (QED) is 0.527. The van der Waals surface area contributed by atoms with Gasteiger partial charge in [-0.2, -0.15) is 0 Å². The van der Waals surface area contributed by atoms with Crippen molar-refractivity contribution in [1.29, 1.82) is 0 Å². The first-order valence-corrected chi connectivity index (χ1v) is 4.45. The first-order chi connectivity index (χ1) is 6.43. The summed E-state index contributed by atoms with van der Waals surface area (Å²) in [5.74, 6) is 0. The highest BCUT2D eigenvalue weighted by Crippen LogP contribution is 1.91. The largest absolute Gasteiger partial charge is 0.394 e. The number of ether oxygens (including phenoxy) is 1. The standard InChI is InChI=1S/C9H16N2O2/c12-5-7-13-6-4-10-8-9-2-1-3-11-9/h1-3,10-12H,4-8H2. The third-order valence-corrected chi connectivity index (χ3v) is 1.64. The Morgan fingerprint density at radius 1 is 1.46 bits per heavy atom. The van der Waals surface area contributed by atoms with Crippen LogP contribution in [-0.2, 0) is 11.3 Å². The molecule has 0 saturated heterocycles. The SMILES string of the molecule is OCCOCCNCc1ccc[nH]1. The van der Waals surface area contributed by atoms with Crippen molar-refractivity contribution in [3.63, 3.8) is 0 Å². The third-order valence-electron chi connectivity index (χ3n) is 1.64. The molecule has 3 N–H and O–H groups in total. The van der Waals surface area contributed by atoms with E-state index in [-0.39, 0.29) is 6.61 Å². The summed E-state index contributed by atoms with van der Waals surface area (Å²) in [5.41, 5.74) is 1.17. The zero-order chi connectivity index (χ0) is 9.36. The van der Waals surface area contributed by atoms with Gasteiger partial charge in [-0.15, -0.1) is 0 Å². The topological polar surface area (TPSA) is 57.3 Å². The Hall–Kier alpha value is -0.840.